The zero-order valence-corrected chi connectivity index (χ0v) is 13.4. The van der Waals surface area contributed by atoms with Gasteiger partial charge in [-0.3, -0.25) is 4.79 Å². The number of carbonyl (C=O) groups excluding carboxylic acids is 1. The largest absolute Gasteiger partial charge is 0.339 e. The number of hydrogen-bond acceptors (Lipinski definition) is 3. The first-order valence-corrected chi connectivity index (χ1v) is 7.76. The first-order valence-electron chi connectivity index (χ1n) is 7.76. The van der Waals surface area contributed by atoms with Crippen molar-refractivity contribution in [3.05, 3.63) is 35.4 Å². The lowest BCUT2D eigenvalue weighted by atomic mass is 9.90. The number of nitrogens with two attached hydrogens (primary N) is 1. The fourth-order valence-electron chi connectivity index (χ4n) is 2.98. The molecule has 2 rings (SSSR count). The Morgan fingerprint density at radius 3 is 2.62 bits per heavy atom. The monoisotopic (exact) mass is 289 g/mol. The van der Waals surface area contributed by atoms with Gasteiger partial charge in [-0.15, -0.1) is 0 Å². The molecule has 21 heavy (non-hydrogen) atoms. The molecule has 1 aliphatic heterocycles. The molecule has 0 saturated carbocycles. The van der Waals surface area contributed by atoms with E-state index in [1.807, 2.05) is 37.2 Å². The van der Waals surface area contributed by atoms with E-state index in [0.717, 1.165) is 38.0 Å². The van der Waals surface area contributed by atoms with E-state index in [2.05, 4.69) is 17.9 Å². The van der Waals surface area contributed by atoms with Crippen molar-refractivity contribution in [1.82, 2.24) is 9.80 Å². The maximum absolute atomic E-state index is 12.6. The number of carbonyl (C=O) groups is 1. The summed E-state index contributed by atoms with van der Waals surface area (Å²) >= 11 is 0. The van der Waals surface area contributed by atoms with Crippen molar-refractivity contribution in [2.75, 3.05) is 27.2 Å². The van der Waals surface area contributed by atoms with Gasteiger partial charge in [-0.05, 0) is 57.5 Å². The van der Waals surface area contributed by atoms with Crippen LogP contribution < -0.4 is 5.73 Å². The minimum absolute atomic E-state index is 0.152. The number of benzene rings is 1. The van der Waals surface area contributed by atoms with Gasteiger partial charge in [0.15, 0.2) is 0 Å². The Morgan fingerprint density at radius 1 is 1.38 bits per heavy atom. The molecule has 4 heteroatoms. The van der Waals surface area contributed by atoms with Crippen LogP contribution in [0.4, 0.5) is 0 Å². The number of rotatable bonds is 4. The van der Waals surface area contributed by atoms with Crippen LogP contribution >= 0.6 is 0 Å². The maximum atomic E-state index is 12.6. The molecule has 0 aromatic heterocycles. The highest BCUT2D eigenvalue weighted by molar-refractivity contribution is 5.94. The van der Waals surface area contributed by atoms with Gasteiger partial charge in [-0.1, -0.05) is 12.1 Å². The minimum atomic E-state index is 0.152. The highest BCUT2D eigenvalue weighted by Gasteiger charge is 2.25. The van der Waals surface area contributed by atoms with Crippen LogP contribution in [0.5, 0.6) is 0 Å². The summed E-state index contributed by atoms with van der Waals surface area (Å²) in [4.78, 5) is 16.7. The summed E-state index contributed by atoms with van der Waals surface area (Å²) in [5.74, 6) is 0.702. The van der Waals surface area contributed by atoms with E-state index in [4.69, 9.17) is 5.73 Å². The highest BCUT2D eigenvalue weighted by atomic mass is 16.2. The number of nitrogens with zero attached hydrogens (tertiary/aromatic N) is 2. The van der Waals surface area contributed by atoms with Crippen LogP contribution in [0, 0.1) is 5.92 Å². The molecule has 1 saturated heterocycles. The molecule has 4 nitrogen and oxygen atoms in total. The smallest absolute Gasteiger partial charge is 0.253 e. The van der Waals surface area contributed by atoms with Crippen LogP contribution in [0.3, 0.4) is 0 Å². The van der Waals surface area contributed by atoms with Gasteiger partial charge in [-0.25, -0.2) is 0 Å². The summed E-state index contributed by atoms with van der Waals surface area (Å²) < 4.78 is 0. The fraction of sp³-hybridized carbons (Fsp3) is 0.588. The molecule has 1 aromatic carbocycles. The minimum Gasteiger partial charge on any atom is -0.339 e. The van der Waals surface area contributed by atoms with E-state index < -0.39 is 0 Å². The predicted octanol–water partition coefficient (Wildman–Crippen LogP) is 1.95. The van der Waals surface area contributed by atoms with E-state index in [-0.39, 0.29) is 11.9 Å². The van der Waals surface area contributed by atoms with Crippen LogP contribution in [0.2, 0.25) is 0 Å². The lowest BCUT2D eigenvalue weighted by Gasteiger charge is -2.33. The molecule has 1 unspecified atom stereocenters. The Kier molecular flexibility index (Phi) is 5.37. The van der Waals surface area contributed by atoms with Crippen LogP contribution in [0.25, 0.3) is 0 Å². The average molecular weight is 289 g/mol. The predicted molar refractivity (Wildman–Crippen MR) is 86.1 cm³/mol. The van der Waals surface area contributed by atoms with Gasteiger partial charge in [0, 0.05) is 31.2 Å². The van der Waals surface area contributed by atoms with E-state index >= 15 is 0 Å². The summed E-state index contributed by atoms with van der Waals surface area (Å²) in [5.41, 5.74) is 7.93. The zero-order chi connectivity index (χ0) is 15.4. The van der Waals surface area contributed by atoms with Gasteiger partial charge < -0.3 is 15.5 Å². The summed E-state index contributed by atoms with van der Waals surface area (Å²) in [6.07, 6.45) is 2.03. The Morgan fingerprint density at radius 2 is 2.05 bits per heavy atom. The molecule has 1 aromatic rings. The van der Waals surface area contributed by atoms with Crippen LogP contribution in [-0.4, -0.2) is 48.9 Å². The van der Waals surface area contributed by atoms with Crippen molar-refractivity contribution in [1.29, 1.82) is 0 Å². The molecule has 1 amide bonds. The number of likely N-dealkylation sites (tertiary alicyclic amines) is 1. The van der Waals surface area contributed by atoms with Crippen molar-refractivity contribution >= 4 is 5.91 Å². The second kappa shape index (κ2) is 7.05. The molecule has 2 N–H and O–H groups in total. The van der Waals surface area contributed by atoms with Gasteiger partial charge in [0.1, 0.15) is 0 Å². The van der Waals surface area contributed by atoms with E-state index in [1.54, 1.807) is 0 Å². The molecule has 1 atom stereocenters. The van der Waals surface area contributed by atoms with Gasteiger partial charge in [0.05, 0.1) is 0 Å². The molecule has 0 aliphatic carbocycles. The Hall–Kier alpha value is -1.39. The van der Waals surface area contributed by atoms with Gasteiger partial charge in [0.2, 0.25) is 0 Å². The van der Waals surface area contributed by atoms with Gasteiger partial charge in [-0.2, -0.15) is 0 Å². The van der Waals surface area contributed by atoms with Crippen LogP contribution in [0.1, 0.15) is 35.7 Å². The molecule has 1 fully saturated rings. The van der Waals surface area contributed by atoms with Crippen molar-refractivity contribution in [3.63, 3.8) is 0 Å². The van der Waals surface area contributed by atoms with Gasteiger partial charge >= 0.3 is 0 Å². The van der Waals surface area contributed by atoms with Gasteiger partial charge in [0.25, 0.3) is 5.91 Å². The molecule has 0 bridgehead atoms. The maximum Gasteiger partial charge on any atom is 0.253 e. The van der Waals surface area contributed by atoms with E-state index in [9.17, 15) is 4.79 Å². The Labute approximate surface area is 127 Å². The average Bonchev–Trinajstić information content (AvgIpc) is 2.46. The Bertz CT molecular complexity index is 477. The van der Waals surface area contributed by atoms with E-state index in [0.29, 0.717) is 5.92 Å². The number of piperidine rings is 1. The molecule has 0 spiro atoms. The lowest BCUT2D eigenvalue weighted by Crippen LogP contribution is -2.42. The van der Waals surface area contributed by atoms with Crippen molar-refractivity contribution in [2.45, 2.75) is 32.4 Å². The van der Waals surface area contributed by atoms with Crippen molar-refractivity contribution in [3.8, 4) is 0 Å². The molecule has 116 valence electrons. The molecule has 1 heterocycles. The van der Waals surface area contributed by atoms with E-state index in [1.165, 1.54) is 5.56 Å². The first-order chi connectivity index (χ1) is 9.97. The quantitative estimate of drug-likeness (QED) is 0.921. The zero-order valence-electron chi connectivity index (χ0n) is 13.4. The standard InChI is InChI=1S/C17H27N3O/c1-13(18)15-7-9-20(10-8-15)17(21)16-6-4-5-14(11-16)12-19(2)3/h4-6,11,13,15H,7-10,12,18H2,1-3H3. The van der Waals surface area contributed by atoms with Crippen LogP contribution in [-0.2, 0) is 6.54 Å². The summed E-state index contributed by atoms with van der Waals surface area (Å²) in [5, 5.41) is 0. The topological polar surface area (TPSA) is 49.6 Å². The first kappa shape index (κ1) is 16.0. The Balaban J connectivity index is 2.00. The van der Waals surface area contributed by atoms with Crippen molar-refractivity contribution < 1.29 is 4.79 Å². The third-order valence-electron chi connectivity index (χ3n) is 4.24. The SMILES string of the molecule is CC(N)C1CCN(C(=O)c2cccc(CN(C)C)c2)CC1. The second-order valence-electron chi connectivity index (χ2n) is 6.43. The molecule has 0 radical (unpaired) electrons. The highest BCUT2D eigenvalue weighted by Crippen LogP contribution is 2.21. The molecular formula is C17H27N3O. The van der Waals surface area contributed by atoms with Crippen molar-refractivity contribution in [2.24, 2.45) is 11.7 Å². The second-order valence-corrected chi connectivity index (χ2v) is 6.43. The molecule has 1 aliphatic rings. The summed E-state index contributed by atoms with van der Waals surface area (Å²) in [6, 6.07) is 8.20. The summed E-state index contributed by atoms with van der Waals surface area (Å²) in [7, 11) is 4.07. The third-order valence-corrected chi connectivity index (χ3v) is 4.24. The number of hydrogen-bond donors (Lipinski definition) is 1. The summed E-state index contributed by atoms with van der Waals surface area (Å²) in [6.45, 7) is 4.56. The fourth-order valence-corrected chi connectivity index (χ4v) is 2.98. The lowest BCUT2D eigenvalue weighted by molar-refractivity contribution is 0.0681. The molecular weight excluding hydrogens is 262 g/mol. The van der Waals surface area contributed by atoms with Crippen LogP contribution in [0.15, 0.2) is 24.3 Å². The number of amides is 1. The third kappa shape index (κ3) is 4.29. The normalized spacial score (nSPS) is 18.0.